The van der Waals surface area contributed by atoms with Crippen molar-refractivity contribution in [1.29, 1.82) is 0 Å². The van der Waals surface area contributed by atoms with E-state index in [0.29, 0.717) is 5.82 Å². The van der Waals surface area contributed by atoms with Gasteiger partial charge in [0.15, 0.2) is 0 Å². The van der Waals surface area contributed by atoms with E-state index < -0.39 is 0 Å². The van der Waals surface area contributed by atoms with E-state index >= 15 is 0 Å². The van der Waals surface area contributed by atoms with E-state index in [4.69, 9.17) is 4.74 Å². The van der Waals surface area contributed by atoms with Crippen LogP contribution in [0.15, 0.2) is 12.4 Å². The minimum absolute atomic E-state index is 0.279. The van der Waals surface area contributed by atoms with Crippen LogP contribution < -0.4 is 0 Å². The van der Waals surface area contributed by atoms with Gasteiger partial charge in [-0.3, -0.25) is 0 Å². The third kappa shape index (κ3) is 1.88. The summed E-state index contributed by atoms with van der Waals surface area (Å²) < 4.78 is 6.58. The summed E-state index contributed by atoms with van der Waals surface area (Å²) in [6.45, 7) is 5.60. The van der Waals surface area contributed by atoms with Crippen molar-refractivity contribution in [3.63, 3.8) is 0 Å². The van der Waals surface area contributed by atoms with Gasteiger partial charge in [-0.2, -0.15) is 0 Å². The van der Waals surface area contributed by atoms with Gasteiger partial charge in [0.2, 0.25) is 0 Å². The van der Waals surface area contributed by atoms with E-state index in [1.165, 1.54) is 7.11 Å². The summed E-state index contributed by atoms with van der Waals surface area (Å²) in [6.07, 6.45) is 3.69. The fourth-order valence-electron chi connectivity index (χ4n) is 1.85. The number of nitrogens with zero attached hydrogens (tertiary/aromatic N) is 3. The van der Waals surface area contributed by atoms with Gasteiger partial charge in [0, 0.05) is 17.8 Å². The van der Waals surface area contributed by atoms with Crippen molar-refractivity contribution < 1.29 is 9.53 Å². The number of methoxy groups -OCH3 is 1. The van der Waals surface area contributed by atoms with E-state index in [1.54, 1.807) is 13.1 Å². The van der Waals surface area contributed by atoms with Crippen LogP contribution in [0.5, 0.6) is 0 Å². The predicted molar refractivity (Wildman–Crippen MR) is 63.7 cm³/mol. The van der Waals surface area contributed by atoms with Crippen LogP contribution in [-0.4, -0.2) is 27.6 Å². The number of esters is 1. The standard InChI is InChI=1S/C12H15N3O2/c1-7-6-15(8(2)12(16)17-4)11-10(7)5-13-9(3)14-11/h5-6,8H,1-4H3. The van der Waals surface area contributed by atoms with Crippen LogP contribution in [0.2, 0.25) is 0 Å². The molecule has 2 heterocycles. The zero-order valence-electron chi connectivity index (χ0n) is 10.4. The van der Waals surface area contributed by atoms with Crippen LogP contribution in [0.25, 0.3) is 11.0 Å². The first-order valence-electron chi connectivity index (χ1n) is 5.43. The van der Waals surface area contributed by atoms with Crippen molar-refractivity contribution >= 4 is 17.0 Å². The summed E-state index contributed by atoms with van der Waals surface area (Å²) in [5, 5.41) is 0.964. The quantitative estimate of drug-likeness (QED) is 0.742. The normalized spacial score (nSPS) is 12.7. The van der Waals surface area contributed by atoms with Gasteiger partial charge in [0.1, 0.15) is 17.5 Å². The average Bonchev–Trinajstić information content (AvgIpc) is 2.64. The van der Waals surface area contributed by atoms with Gasteiger partial charge in [-0.25, -0.2) is 14.8 Å². The van der Waals surface area contributed by atoms with Gasteiger partial charge in [0.25, 0.3) is 0 Å². The first-order chi connectivity index (χ1) is 8.04. The molecule has 2 rings (SSSR count). The first-order valence-corrected chi connectivity index (χ1v) is 5.43. The number of ether oxygens (including phenoxy) is 1. The monoisotopic (exact) mass is 233 g/mol. The van der Waals surface area contributed by atoms with Crippen molar-refractivity contribution in [2.24, 2.45) is 0 Å². The second-order valence-corrected chi connectivity index (χ2v) is 4.07. The minimum Gasteiger partial charge on any atom is -0.467 e. The molecule has 0 aliphatic carbocycles. The number of hydrogen-bond donors (Lipinski definition) is 0. The number of aromatic nitrogens is 3. The minimum atomic E-state index is -0.384. The van der Waals surface area contributed by atoms with Crippen LogP contribution in [0.1, 0.15) is 24.4 Å². The van der Waals surface area contributed by atoms with Gasteiger partial charge >= 0.3 is 5.97 Å². The van der Waals surface area contributed by atoms with Crippen molar-refractivity contribution in [2.75, 3.05) is 7.11 Å². The maximum absolute atomic E-state index is 11.6. The molecule has 0 amide bonds. The molecular formula is C12H15N3O2. The van der Waals surface area contributed by atoms with E-state index in [0.717, 1.165) is 16.6 Å². The average molecular weight is 233 g/mol. The molecule has 1 unspecified atom stereocenters. The molecule has 0 aliphatic rings. The lowest BCUT2D eigenvalue weighted by Crippen LogP contribution is -2.17. The fraction of sp³-hybridized carbons (Fsp3) is 0.417. The Kier molecular flexibility index (Phi) is 2.83. The predicted octanol–water partition coefficient (Wildman–Crippen LogP) is 1.78. The molecule has 0 spiro atoms. The largest absolute Gasteiger partial charge is 0.467 e. The molecule has 0 radical (unpaired) electrons. The van der Waals surface area contributed by atoms with Gasteiger partial charge in [-0.15, -0.1) is 0 Å². The second kappa shape index (κ2) is 4.16. The Bertz CT molecular complexity index is 574. The van der Waals surface area contributed by atoms with Gasteiger partial charge in [-0.1, -0.05) is 0 Å². The molecule has 0 N–H and O–H groups in total. The van der Waals surface area contributed by atoms with E-state index in [-0.39, 0.29) is 12.0 Å². The Labute approximate surface area is 99.4 Å². The summed E-state index contributed by atoms with van der Waals surface area (Å²) in [7, 11) is 1.39. The Hall–Kier alpha value is -1.91. The number of carbonyl (C=O) groups is 1. The van der Waals surface area contributed by atoms with Crippen LogP contribution in [0, 0.1) is 13.8 Å². The zero-order chi connectivity index (χ0) is 12.6. The highest BCUT2D eigenvalue weighted by Gasteiger charge is 2.19. The maximum atomic E-state index is 11.6. The third-order valence-electron chi connectivity index (χ3n) is 2.85. The summed E-state index contributed by atoms with van der Waals surface area (Å²) in [5.74, 6) is 0.409. The van der Waals surface area contributed by atoms with Crippen LogP contribution in [0.3, 0.4) is 0 Å². The van der Waals surface area contributed by atoms with Crippen molar-refractivity contribution in [1.82, 2.24) is 14.5 Å². The zero-order valence-corrected chi connectivity index (χ0v) is 10.4. The lowest BCUT2D eigenvalue weighted by molar-refractivity contribution is -0.143. The van der Waals surface area contributed by atoms with Crippen LogP contribution in [-0.2, 0) is 9.53 Å². The molecule has 1 atom stereocenters. The Morgan fingerprint density at radius 3 is 2.82 bits per heavy atom. The molecule has 2 aromatic heterocycles. The Morgan fingerprint density at radius 1 is 1.47 bits per heavy atom. The molecule has 2 aromatic rings. The molecular weight excluding hydrogens is 218 g/mol. The fourth-order valence-corrected chi connectivity index (χ4v) is 1.85. The van der Waals surface area contributed by atoms with Crippen molar-refractivity contribution in [3.8, 4) is 0 Å². The summed E-state index contributed by atoms with van der Waals surface area (Å²) >= 11 is 0. The number of rotatable bonds is 2. The van der Waals surface area contributed by atoms with Gasteiger partial charge < -0.3 is 9.30 Å². The first kappa shape index (κ1) is 11.6. The molecule has 0 bridgehead atoms. The topological polar surface area (TPSA) is 57.0 Å². The highest BCUT2D eigenvalue weighted by atomic mass is 16.5. The molecule has 5 nitrogen and oxygen atoms in total. The van der Waals surface area contributed by atoms with Crippen molar-refractivity contribution in [3.05, 3.63) is 23.8 Å². The molecule has 0 fully saturated rings. The molecule has 5 heteroatoms. The van der Waals surface area contributed by atoms with Gasteiger partial charge in [0.05, 0.1) is 7.11 Å². The van der Waals surface area contributed by atoms with Crippen LogP contribution >= 0.6 is 0 Å². The molecule has 0 saturated heterocycles. The molecule has 0 aromatic carbocycles. The third-order valence-corrected chi connectivity index (χ3v) is 2.85. The van der Waals surface area contributed by atoms with Gasteiger partial charge in [-0.05, 0) is 26.3 Å². The lowest BCUT2D eigenvalue weighted by atomic mass is 10.3. The summed E-state index contributed by atoms with van der Waals surface area (Å²) in [6, 6.07) is -0.384. The number of aryl methyl sites for hydroxylation is 2. The highest BCUT2D eigenvalue weighted by molar-refractivity contribution is 5.82. The number of fused-ring (bicyclic) bond motifs is 1. The SMILES string of the molecule is COC(=O)C(C)n1cc(C)c2cnc(C)nc21. The number of carbonyl (C=O) groups excluding carboxylic acids is 1. The van der Waals surface area contributed by atoms with Crippen molar-refractivity contribution in [2.45, 2.75) is 26.8 Å². The second-order valence-electron chi connectivity index (χ2n) is 4.07. The summed E-state index contributed by atoms with van der Waals surface area (Å²) in [4.78, 5) is 20.1. The van der Waals surface area contributed by atoms with E-state index in [9.17, 15) is 4.79 Å². The Morgan fingerprint density at radius 2 is 2.18 bits per heavy atom. The van der Waals surface area contributed by atoms with Crippen LogP contribution in [0.4, 0.5) is 0 Å². The molecule has 17 heavy (non-hydrogen) atoms. The molecule has 0 aliphatic heterocycles. The van der Waals surface area contributed by atoms with E-state index in [1.807, 2.05) is 24.6 Å². The molecule has 0 saturated carbocycles. The summed E-state index contributed by atoms with van der Waals surface area (Å²) in [5.41, 5.74) is 1.82. The number of hydrogen-bond acceptors (Lipinski definition) is 4. The maximum Gasteiger partial charge on any atom is 0.328 e. The lowest BCUT2D eigenvalue weighted by Gasteiger charge is -2.11. The smallest absolute Gasteiger partial charge is 0.328 e. The van der Waals surface area contributed by atoms with E-state index in [2.05, 4.69) is 9.97 Å². The Balaban J connectivity index is 2.61. The molecule has 90 valence electrons. The highest BCUT2D eigenvalue weighted by Crippen LogP contribution is 2.22.